The molecule has 0 radical (unpaired) electrons. The van der Waals surface area contributed by atoms with Crippen LogP contribution in [0.1, 0.15) is 6.92 Å². The van der Waals surface area contributed by atoms with Gasteiger partial charge in [-0.2, -0.15) is 0 Å². The van der Waals surface area contributed by atoms with Crippen molar-refractivity contribution in [2.75, 3.05) is 32.9 Å². The summed E-state index contributed by atoms with van der Waals surface area (Å²) in [4.78, 5) is 2.21. The molecule has 2 aliphatic rings. The fourth-order valence-electron chi connectivity index (χ4n) is 2.63. The molecular formula is C9H18N2O2S. The molecule has 1 saturated carbocycles. The van der Waals surface area contributed by atoms with E-state index < -0.39 is 10.0 Å². The monoisotopic (exact) mass is 218 g/mol. The molecule has 5 heteroatoms. The second-order valence-electron chi connectivity index (χ2n) is 4.50. The molecule has 0 aromatic carbocycles. The van der Waals surface area contributed by atoms with Gasteiger partial charge in [0.1, 0.15) is 0 Å². The van der Waals surface area contributed by atoms with Gasteiger partial charge in [-0.1, -0.05) is 0 Å². The molecule has 0 spiro atoms. The molecule has 1 heterocycles. The molecular weight excluding hydrogens is 200 g/mol. The largest absolute Gasteiger partial charge is 0.306 e. The molecule has 1 saturated heterocycles. The first-order valence-electron chi connectivity index (χ1n) is 5.11. The highest BCUT2D eigenvalue weighted by Gasteiger charge is 2.58. The fourth-order valence-corrected chi connectivity index (χ4v) is 3.80. The second kappa shape index (κ2) is 3.18. The van der Waals surface area contributed by atoms with Gasteiger partial charge in [-0.3, -0.25) is 0 Å². The van der Waals surface area contributed by atoms with Crippen LogP contribution in [0.15, 0.2) is 0 Å². The predicted molar refractivity (Wildman–Crippen MR) is 55.5 cm³/mol. The van der Waals surface area contributed by atoms with E-state index in [1.807, 2.05) is 0 Å². The van der Waals surface area contributed by atoms with Crippen LogP contribution in [0.2, 0.25) is 0 Å². The minimum atomic E-state index is -2.93. The van der Waals surface area contributed by atoms with E-state index in [1.165, 1.54) is 0 Å². The third-order valence-corrected chi connectivity index (χ3v) is 5.28. The lowest BCUT2D eigenvalue weighted by atomic mass is 10.4. The van der Waals surface area contributed by atoms with Crippen molar-refractivity contribution in [2.24, 2.45) is 11.8 Å². The standard InChI is InChI=1S/C9H18N2O2S/c1-4-14(12,13)11-5-7-8(6-11)9(7)10(2)3/h7-9H,4-6H2,1-3H3. The molecule has 82 valence electrons. The Labute approximate surface area is 85.9 Å². The second-order valence-corrected chi connectivity index (χ2v) is 6.76. The zero-order valence-corrected chi connectivity index (χ0v) is 9.79. The summed E-state index contributed by atoms with van der Waals surface area (Å²) in [7, 11) is 1.21. The summed E-state index contributed by atoms with van der Waals surface area (Å²) in [5.74, 6) is 1.41. The molecule has 2 fully saturated rings. The first kappa shape index (κ1) is 10.4. The van der Waals surface area contributed by atoms with Gasteiger partial charge in [-0.25, -0.2) is 12.7 Å². The van der Waals surface area contributed by atoms with Gasteiger partial charge in [-0.05, 0) is 32.9 Å². The smallest absolute Gasteiger partial charge is 0.213 e. The first-order valence-corrected chi connectivity index (χ1v) is 6.72. The van der Waals surface area contributed by atoms with Gasteiger partial charge in [0.15, 0.2) is 0 Å². The minimum Gasteiger partial charge on any atom is -0.306 e. The molecule has 0 amide bonds. The summed E-state index contributed by atoms with van der Waals surface area (Å²) < 4.78 is 24.8. The van der Waals surface area contributed by atoms with Crippen molar-refractivity contribution in [1.29, 1.82) is 0 Å². The van der Waals surface area contributed by atoms with Crippen LogP contribution in [0, 0.1) is 11.8 Å². The summed E-state index contributed by atoms with van der Waals surface area (Å²) in [5, 5.41) is 0. The molecule has 1 aliphatic carbocycles. The van der Waals surface area contributed by atoms with E-state index in [4.69, 9.17) is 0 Å². The van der Waals surface area contributed by atoms with Crippen LogP contribution in [0.5, 0.6) is 0 Å². The fraction of sp³-hybridized carbons (Fsp3) is 1.00. The van der Waals surface area contributed by atoms with Gasteiger partial charge in [0.2, 0.25) is 10.0 Å². The van der Waals surface area contributed by atoms with Gasteiger partial charge in [-0.15, -0.1) is 0 Å². The van der Waals surface area contributed by atoms with E-state index in [9.17, 15) is 8.42 Å². The van der Waals surface area contributed by atoms with Crippen molar-refractivity contribution in [2.45, 2.75) is 13.0 Å². The molecule has 0 aromatic heterocycles. The summed E-state index contributed by atoms with van der Waals surface area (Å²) in [6.07, 6.45) is 0. The number of piperidine rings is 1. The van der Waals surface area contributed by atoms with E-state index in [2.05, 4.69) is 19.0 Å². The van der Waals surface area contributed by atoms with Gasteiger partial charge in [0.25, 0.3) is 0 Å². The first-order chi connectivity index (χ1) is 6.47. The Bertz CT molecular complexity index is 314. The van der Waals surface area contributed by atoms with E-state index >= 15 is 0 Å². The maximum absolute atomic E-state index is 11.6. The maximum atomic E-state index is 11.6. The number of hydrogen-bond acceptors (Lipinski definition) is 3. The summed E-state index contributed by atoms with van der Waals surface area (Å²) in [6, 6.07) is 0.623. The van der Waals surface area contributed by atoms with E-state index in [1.54, 1.807) is 11.2 Å². The average Bonchev–Trinajstić information content (AvgIpc) is 2.62. The lowest BCUT2D eigenvalue weighted by molar-refractivity contribution is 0.315. The summed E-state index contributed by atoms with van der Waals surface area (Å²) in [5.41, 5.74) is 0. The van der Waals surface area contributed by atoms with Crippen molar-refractivity contribution in [3.8, 4) is 0 Å². The third-order valence-electron chi connectivity index (χ3n) is 3.47. The number of fused-ring (bicyclic) bond motifs is 1. The SMILES string of the molecule is CCS(=O)(=O)N1CC2C(C1)C2N(C)C. The molecule has 4 nitrogen and oxygen atoms in total. The van der Waals surface area contributed by atoms with Crippen LogP contribution in [0.25, 0.3) is 0 Å². The van der Waals surface area contributed by atoms with Gasteiger partial charge in [0.05, 0.1) is 5.75 Å². The Balaban J connectivity index is 1.97. The van der Waals surface area contributed by atoms with Crippen molar-refractivity contribution < 1.29 is 8.42 Å². The average molecular weight is 218 g/mol. The van der Waals surface area contributed by atoms with Gasteiger partial charge < -0.3 is 4.90 Å². The Morgan fingerprint density at radius 1 is 1.29 bits per heavy atom. The van der Waals surface area contributed by atoms with Crippen LogP contribution < -0.4 is 0 Å². The molecule has 2 atom stereocenters. The Morgan fingerprint density at radius 3 is 2.14 bits per heavy atom. The predicted octanol–water partition coefficient (Wildman–Crippen LogP) is -0.172. The van der Waals surface area contributed by atoms with Crippen LogP contribution in [-0.4, -0.2) is 56.6 Å². The summed E-state index contributed by atoms with van der Waals surface area (Å²) >= 11 is 0. The number of hydrogen-bond donors (Lipinski definition) is 0. The van der Waals surface area contributed by atoms with E-state index in [-0.39, 0.29) is 5.75 Å². The molecule has 2 unspecified atom stereocenters. The van der Waals surface area contributed by atoms with E-state index in [0.717, 1.165) is 13.1 Å². The highest BCUT2D eigenvalue weighted by atomic mass is 32.2. The van der Waals surface area contributed by atoms with Gasteiger partial charge in [0, 0.05) is 19.1 Å². The molecule has 0 bridgehead atoms. The van der Waals surface area contributed by atoms with Crippen LogP contribution in [0.4, 0.5) is 0 Å². The maximum Gasteiger partial charge on any atom is 0.213 e. The minimum absolute atomic E-state index is 0.235. The third kappa shape index (κ3) is 1.47. The topological polar surface area (TPSA) is 40.6 Å². The molecule has 0 aromatic rings. The highest BCUT2D eigenvalue weighted by molar-refractivity contribution is 7.89. The molecule has 2 rings (SSSR count). The van der Waals surface area contributed by atoms with Gasteiger partial charge >= 0.3 is 0 Å². The van der Waals surface area contributed by atoms with Crippen LogP contribution >= 0.6 is 0 Å². The quantitative estimate of drug-likeness (QED) is 0.660. The summed E-state index contributed by atoms with van der Waals surface area (Å²) in [6.45, 7) is 3.19. The lowest BCUT2D eigenvalue weighted by Crippen LogP contribution is -2.36. The Morgan fingerprint density at radius 2 is 1.79 bits per heavy atom. The normalized spacial score (nSPS) is 37.6. The zero-order chi connectivity index (χ0) is 10.5. The van der Waals surface area contributed by atoms with E-state index in [0.29, 0.717) is 17.9 Å². The van der Waals surface area contributed by atoms with Crippen LogP contribution in [-0.2, 0) is 10.0 Å². The molecule has 1 aliphatic heterocycles. The number of rotatable bonds is 3. The molecule has 0 N–H and O–H groups in total. The van der Waals surface area contributed by atoms with Crippen molar-refractivity contribution in [3.05, 3.63) is 0 Å². The lowest BCUT2D eigenvalue weighted by Gasteiger charge is -2.20. The zero-order valence-electron chi connectivity index (χ0n) is 8.97. The Hall–Kier alpha value is -0.130. The van der Waals surface area contributed by atoms with Crippen molar-refractivity contribution in [1.82, 2.24) is 9.21 Å². The van der Waals surface area contributed by atoms with Crippen molar-refractivity contribution in [3.63, 3.8) is 0 Å². The highest BCUT2D eigenvalue weighted by Crippen LogP contribution is 2.48. The molecule has 14 heavy (non-hydrogen) atoms. The van der Waals surface area contributed by atoms with Crippen LogP contribution in [0.3, 0.4) is 0 Å². The van der Waals surface area contributed by atoms with Crippen molar-refractivity contribution >= 4 is 10.0 Å². The number of sulfonamides is 1. The Kier molecular flexibility index (Phi) is 2.36. The number of nitrogens with zero attached hydrogens (tertiary/aromatic N) is 2.